The average molecular weight is 247 g/mol. The van der Waals surface area contributed by atoms with Crippen LogP contribution in [0, 0.1) is 0 Å². The van der Waals surface area contributed by atoms with E-state index in [0.29, 0.717) is 5.69 Å². The van der Waals surface area contributed by atoms with Crippen LogP contribution < -0.4 is 5.32 Å². The zero-order chi connectivity index (χ0) is 13.5. The normalized spacial score (nSPS) is 10.9. The van der Waals surface area contributed by atoms with Gasteiger partial charge in [-0.2, -0.15) is 0 Å². The quantitative estimate of drug-likeness (QED) is 0.562. The van der Waals surface area contributed by atoms with Crippen molar-refractivity contribution in [2.45, 2.75) is 6.92 Å². The second kappa shape index (κ2) is 6.24. The number of rotatable bonds is 4. The molecule has 1 aromatic carbocycles. The molecule has 0 atom stereocenters. The minimum atomic E-state index is -1.22. The molecule has 1 rings (SSSR count). The summed E-state index contributed by atoms with van der Waals surface area (Å²) in [6.07, 6.45) is 6.37. The van der Waals surface area contributed by atoms with Crippen molar-refractivity contribution in [2.24, 2.45) is 0 Å². The molecule has 0 saturated carbocycles. The second-order valence-corrected chi connectivity index (χ2v) is 3.41. The van der Waals surface area contributed by atoms with Crippen molar-refractivity contribution in [2.75, 3.05) is 5.32 Å². The highest BCUT2D eigenvalue weighted by atomic mass is 16.4. The Morgan fingerprint density at radius 1 is 1.28 bits per heavy atom. The highest BCUT2D eigenvalue weighted by molar-refractivity contribution is 6.00. The van der Waals surface area contributed by atoms with E-state index in [0.717, 1.165) is 0 Å². The van der Waals surface area contributed by atoms with Crippen molar-refractivity contribution in [1.82, 2.24) is 0 Å². The number of nitrogens with one attached hydrogen (secondary N) is 1. The Bertz CT molecular complexity index is 518. The van der Waals surface area contributed by atoms with E-state index in [9.17, 15) is 14.7 Å². The lowest BCUT2D eigenvalue weighted by atomic mass is 10.2. The van der Waals surface area contributed by atoms with Gasteiger partial charge in [0.1, 0.15) is 11.3 Å². The largest absolute Gasteiger partial charge is 0.507 e. The molecule has 0 heterocycles. The summed E-state index contributed by atoms with van der Waals surface area (Å²) in [7, 11) is 0. The molecule has 18 heavy (non-hydrogen) atoms. The summed E-state index contributed by atoms with van der Waals surface area (Å²) >= 11 is 0. The third kappa shape index (κ3) is 3.79. The molecule has 0 bridgehead atoms. The number of amides is 1. The molecule has 0 aliphatic heterocycles. The Kier molecular flexibility index (Phi) is 4.68. The van der Waals surface area contributed by atoms with E-state index in [4.69, 9.17) is 5.11 Å². The van der Waals surface area contributed by atoms with Crippen LogP contribution in [-0.2, 0) is 4.79 Å². The van der Waals surface area contributed by atoms with Gasteiger partial charge < -0.3 is 15.5 Å². The topological polar surface area (TPSA) is 86.6 Å². The summed E-state index contributed by atoms with van der Waals surface area (Å²) in [5.41, 5.74) is 0.116. The standard InChI is InChI=1S/C13H13NO4/c1-2-3-4-5-12(16)14-9-6-7-10(13(17)18)11(15)8-9/h2-8,15H,1H3,(H,14,16)(H,17,18)/b3-2+,5-4+. The van der Waals surface area contributed by atoms with Gasteiger partial charge in [0.25, 0.3) is 0 Å². The van der Waals surface area contributed by atoms with Crippen LogP contribution in [0.1, 0.15) is 17.3 Å². The van der Waals surface area contributed by atoms with Crippen molar-refractivity contribution in [3.63, 3.8) is 0 Å². The van der Waals surface area contributed by atoms with Gasteiger partial charge >= 0.3 is 5.97 Å². The van der Waals surface area contributed by atoms with Gasteiger partial charge in [-0.15, -0.1) is 0 Å². The third-order valence-electron chi connectivity index (χ3n) is 2.05. The number of aromatic hydroxyl groups is 1. The molecule has 0 fully saturated rings. The highest BCUT2D eigenvalue weighted by Crippen LogP contribution is 2.21. The first kappa shape index (κ1) is 13.5. The molecule has 0 unspecified atom stereocenters. The van der Waals surface area contributed by atoms with E-state index in [-0.39, 0.29) is 11.5 Å². The summed E-state index contributed by atoms with van der Waals surface area (Å²) in [5, 5.41) is 20.6. The zero-order valence-electron chi connectivity index (χ0n) is 9.75. The van der Waals surface area contributed by atoms with Gasteiger partial charge in [0, 0.05) is 17.8 Å². The van der Waals surface area contributed by atoms with Crippen LogP contribution >= 0.6 is 0 Å². The average Bonchev–Trinajstić information content (AvgIpc) is 2.28. The first-order valence-electron chi connectivity index (χ1n) is 5.21. The summed E-state index contributed by atoms with van der Waals surface area (Å²) in [4.78, 5) is 22.1. The number of carbonyl (C=O) groups excluding carboxylic acids is 1. The van der Waals surface area contributed by atoms with E-state index >= 15 is 0 Å². The molecule has 0 radical (unpaired) electrons. The number of aromatic carboxylic acids is 1. The molecule has 0 spiro atoms. The Morgan fingerprint density at radius 2 is 2.00 bits per heavy atom. The van der Waals surface area contributed by atoms with Gasteiger partial charge in [-0.1, -0.05) is 18.2 Å². The lowest BCUT2D eigenvalue weighted by Crippen LogP contribution is -2.08. The van der Waals surface area contributed by atoms with Crippen molar-refractivity contribution in [3.05, 3.63) is 48.1 Å². The number of carbonyl (C=O) groups is 2. The van der Waals surface area contributed by atoms with Crippen molar-refractivity contribution in [1.29, 1.82) is 0 Å². The number of allylic oxidation sites excluding steroid dienone is 3. The Labute approximate surface area is 104 Å². The van der Waals surface area contributed by atoms with Gasteiger partial charge in [-0.05, 0) is 19.1 Å². The fraction of sp³-hybridized carbons (Fsp3) is 0.0769. The number of hydrogen-bond acceptors (Lipinski definition) is 3. The van der Waals surface area contributed by atoms with E-state index in [1.54, 1.807) is 18.2 Å². The maximum atomic E-state index is 11.4. The number of carboxylic acid groups (broad SMARTS) is 1. The van der Waals surface area contributed by atoms with Gasteiger partial charge in [0.05, 0.1) is 0 Å². The van der Waals surface area contributed by atoms with Crippen molar-refractivity contribution in [3.8, 4) is 5.75 Å². The molecule has 0 aromatic heterocycles. The van der Waals surface area contributed by atoms with E-state index < -0.39 is 11.7 Å². The smallest absolute Gasteiger partial charge is 0.339 e. The van der Waals surface area contributed by atoms with Crippen molar-refractivity contribution >= 4 is 17.6 Å². The van der Waals surface area contributed by atoms with Crippen LogP contribution in [0.2, 0.25) is 0 Å². The summed E-state index contributed by atoms with van der Waals surface area (Å²) in [6.45, 7) is 1.82. The summed E-state index contributed by atoms with van der Waals surface area (Å²) < 4.78 is 0. The minimum absolute atomic E-state index is 0.211. The number of phenols is 1. The third-order valence-corrected chi connectivity index (χ3v) is 2.05. The maximum absolute atomic E-state index is 11.4. The van der Waals surface area contributed by atoms with E-state index in [1.165, 1.54) is 24.3 Å². The van der Waals surface area contributed by atoms with Gasteiger partial charge in [-0.3, -0.25) is 4.79 Å². The van der Waals surface area contributed by atoms with Crippen LogP contribution in [-0.4, -0.2) is 22.1 Å². The Morgan fingerprint density at radius 3 is 2.56 bits per heavy atom. The molecule has 5 heteroatoms. The Hall–Kier alpha value is -2.56. The first-order chi connectivity index (χ1) is 8.54. The molecular weight excluding hydrogens is 234 g/mol. The van der Waals surface area contributed by atoms with Crippen molar-refractivity contribution < 1.29 is 19.8 Å². The van der Waals surface area contributed by atoms with Crippen LogP contribution in [0.15, 0.2) is 42.5 Å². The number of carboxylic acids is 1. The molecule has 0 saturated heterocycles. The predicted molar refractivity (Wildman–Crippen MR) is 67.6 cm³/mol. The predicted octanol–water partition coefficient (Wildman–Crippen LogP) is 2.16. The fourth-order valence-corrected chi connectivity index (χ4v) is 1.23. The lowest BCUT2D eigenvalue weighted by Gasteiger charge is -2.04. The second-order valence-electron chi connectivity index (χ2n) is 3.41. The SMILES string of the molecule is C/C=C/C=C/C(=O)Nc1ccc(C(=O)O)c(O)c1. The molecule has 94 valence electrons. The van der Waals surface area contributed by atoms with Crippen LogP contribution in [0.5, 0.6) is 5.75 Å². The van der Waals surface area contributed by atoms with Gasteiger partial charge in [0.15, 0.2) is 0 Å². The number of benzene rings is 1. The maximum Gasteiger partial charge on any atom is 0.339 e. The van der Waals surface area contributed by atoms with Crippen LogP contribution in [0.25, 0.3) is 0 Å². The minimum Gasteiger partial charge on any atom is -0.507 e. The molecule has 0 aliphatic carbocycles. The fourth-order valence-electron chi connectivity index (χ4n) is 1.23. The zero-order valence-corrected chi connectivity index (χ0v) is 9.75. The molecule has 3 N–H and O–H groups in total. The summed E-state index contributed by atoms with van der Waals surface area (Å²) in [5.74, 6) is -1.98. The molecule has 5 nitrogen and oxygen atoms in total. The monoisotopic (exact) mass is 247 g/mol. The lowest BCUT2D eigenvalue weighted by molar-refractivity contribution is -0.111. The highest BCUT2D eigenvalue weighted by Gasteiger charge is 2.09. The van der Waals surface area contributed by atoms with Crippen LogP contribution in [0.4, 0.5) is 5.69 Å². The van der Waals surface area contributed by atoms with Crippen LogP contribution in [0.3, 0.4) is 0 Å². The number of anilines is 1. The molecule has 0 aliphatic rings. The van der Waals surface area contributed by atoms with Gasteiger partial charge in [-0.25, -0.2) is 4.79 Å². The molecule has 1 aromatic rings. The Balaban J connectivity index is 2.77. The molecule has 1 amide bonds. The van der Waals surface area contributed by atoms with Gasteiger partial charge in [0.2, 0.25) is 5.91 Å². The van der Waals surface area contributed by atoms with E-state index in [1.807, 2.05) is 6.92 Å². The summed E-state index contributed by atoms with van der Waals surface area (Å²) in [6, 6.07) is 3.82. The number of hydrogen-bond donors (Lipinski definition) is 3. The molecular formula is C13H13NO4. The van der Waals surface area contributed by atoms with E-state index in [2.05, 4.69) is 5.32 Å². The first-order valence-corrected chi connectivity index (χ1v) is 5.21.